The minimum atomic E-state index is -4.42. The Morgan fingerprint density at radius 2 is 1.90 bits per heavy atom. The average molecular weight is 393 g/mol. The van der Waals surface area contributed by atoms with E-state index in [9.17, 15) is 13.2 Å². The van der Waals surface area contributed by atoms with Crippen LogP contribution in [0.5, 0.6) is 0 Å². The van der Waals surface area contributed by atoms with Gasteiger partial charge in [0.25, 0.3) is 0 Å². The first-order chi connectivity index (χ1) is 13.9. The van der Waals surface area contributed by atoms with Crippen molar-refractivity contribution in [2.24, 2.45) is 0 Å². The molecule has 4 aromatic rings. The summed E-state index contributed by atoms with van der Waals surface area (Å²) in [5.74, 6) is 6.43. The van der Waals surface area contributed by atoms with Crippen LogP contribution in [-0.4, -0.2) is 10.1 Å². The second-order valence-electron chi connectivity index (χ2n) is 6.36. The first-order valence-electron chi connectivity index (χ1n) is 8.67. The summed E-state index contributed by atoms with van der Waals surface area (Å²) in [6, 6.07) is 12.2. The summed E-state index contributed by atoms with van der Waals surface area (Å²) in [5.41, 5.74) is 2.31. The summed E-state index contributed by atoms with van der Waals surface area (Å²) in [6.45, 7) is 1.90. The molecule has 0 aliphatic rings. The number of pyridine rings is 1. The zero-order chi connectivity index (χ0) is 20.4. The molecule has 0 atom stereocenters. The highest BCUT2D eigenvalue weighted by atomic mass is 19.4. The standard InChI is InChI=1S/C22H14F3N3O/c1-14-7-9-19-20(18(14)10-8-15-4-3-11-26-13-15)29-28-21(19)27-17-6-2-5-16(12-17)22(23,24)25/h2-7,9,11-13H,1H3,(H,27,28). The number of anilines is 2. The quantitative estimate of drug-likeness (QED) is 0.444. The van der Waals surface area contributed by atoms with Crippen molar-refractivity contribution < 1.29 is 17.7 Å². The van der Waals surface area contributed by atoms with Crippen LogP contribution in [0.1, 0.15) is 22.3 Å². The molecule has 1 N–H and O–H groups in total. The van der Waals surface area contributed by atoms with E-state index in [1.807, 2.05) is 19.1 Å². The van der Waals surface area contributed by atoms with Crippen molar-refractivity contribution in [3.63, 3.8) is 0 Å². The van der Waals surface area contributed by atoms with Gasteiger partial charge in [-0.2, -0.15) is 13.2 Å². The Balaban J connectivity index is 1.71. The Bertz CT molecular complexity index is 1240. The first-order valence-corrected chi connectivity index (χ1v) is 8.67. The molecule has 0 saturated carbocycles. The van der Waals surface area contributed by atoms with Gasteiger partial charge >= 0.3 is 6.18 Å². The van der Waals surface area contributed by atoms with Gasteiger partial charge in [-0.05, 0) is 48.9 Å². The third-order valence-electron chi connectivity index (χ3n) is 4.30. The van der Waals surface area contributed by atoms with Gasteiger partial charge in [-0.1, -0.05) is 29.1 Å². The fourth-order valence-corrected chi connectivity index (χ4v) is 2.83. The zero-order valence-electron chi connectivity index (χ0n) is 15.2. The van der Waals surface area contributed by atoms with Crippen molar-refractivity contribution >= 4 is 22.5 Å². The second kappa shape index (κ2) is 7.32. The molecular formula is C22H14F3N3O. The summed E-state index contributed by atoms with van der Waals surface area (Å²) in [4.78, 5) is 4.03. The van der Waals surface area contributed by atoms with Crippen molar-refractivity contribution in [2.75, 3.05) is 5.32 Å². The molecule has 0 spiro atoms. The van der Waals surface area contributed by atoms with Crippen molar-refractivity contribution in [1.82, 2.24) is 10.1 Å². The number of rotatable bonds is 2. The SMILES string of the molecule is Cc1ccc2c(Nc3cccc(C(F)(F)F)c3)noc2c1C#Cc1cccnc1. The predicted octanol–water partition coefficient (Wildman–Crippen LogP) is 5.69. The van der Waals surface area contributed by atoms with Crippen molar-refractivity contribution in [3.8, 4) is 11.8 Å². The van der Waals surface area contributed by atoms with E-state index in [0.717, 1.165) is 23.3 Å². The van der Waals surface area contributed by atoms with E-state index in [1.54, 1.807) is 24.5 Å². The lowest BCUT2D eigenvalue weighted by molar-refractivity contribution is -0.137. The van der Waals surface area contributed by atoms with Crippen LogP contribution >= 0.6 is 0 Å². The number of nitrogens with zero attached hydrogens (tertiary/aromatic N) is 2. The zero-order valence-corrected chi connectivity index (χ0v) is 15.2. The van der Waals surface area contributed by atoms with Gasteiger partial charge in [0, 0.05) is 23.6 Å². The van der Waals surface area contributed by atoms with Gasteiger partial charge in [0.2, 0.25) is 0 Å². The molecule has 0 radical (unpaired) electrons. The number of hydrogen-bond acceptors (Lipinski definition) is 4. The molecule has 2 heterocycles. The number of nitrogens with one attached hydrogen (secondary N) is 1. The van der Waals surface area contributed by atoms with Crippen LogP contribution in [0, 0.1) is 18.8 Å². The van der Waals surface area contributed by atoms with Gasteiger partial charge in [-0.15, -0.1) is 0 Å². The van der Waals surface area contributed by atoms with Crippen molar-refractivity contribution in [2.45, 2.75) is 13.1 Å². The summed E-state index contributed by atoms with van der Waals surface area (Å²) in [7, 11) is 0. The molecule has 4 nitrogen and oxygen atoms in total. The van der Waals surface area contributed by atoms with Crippen LogP contribution in [0.2, 0.25) is 0 Å². The van der Waals surface area contributed by atoms with E-state index in [2.05, 4.69) is 27.3 Å². The molecule has 2 aromatic heterocycles. The first kappa shape index (κ1) is 18.6. The van der Waals surface area contributed by atoms with Crippen LogP contribution in [-0.2, 0) is 6.18 Å². The Morgan fingerprint density at radius 3 is 2.66 bits per heavy atom. The highest BCUT2D eigenvalue weighted by Crippen LogP contribution is 2.33. The van der Waals surface area contributed by atoms with E-state index in [-0.39, 0.29) is 5.69 Å². The topological polar surface area (TPSA) is 51.0 Å². The third kappa shape index (κ3) is 3.92. The van der Waals surface area contributed by atoms with Crippen molar-refractivity contribution in [1.29, 1.82) is 0 Å². The smallest absolute Gasteiger partial charge is 0.353 e. The Morgan fingerprint density at radius 1 is 1.03 bits per heavy atom. The number of alkyl halides is 3. The maximum atomic E-state index is 12.9. The molecule has 2 aromatic carbocycles. The summed E-state index contributed by atoms with van der Waals surface area (Å²) >= 11 is 0. The lowest BCUT2D eigenvalue weighted by Gasteiger charge is -2.09. The van der Waals surface area contributed by atoms with Gasteiger partial charge < -0.3 is 9.84 Å². The van der Waals surface area contributed by atoms with Gasteiger partial charge in [-0.25, -0.2) is 0 Å². The summed E-state index contributed by atoms with van der Waals surface area (Å²) < 4.78 is 44.3. The molecule has 0 unspecified atom stereocenters. The van der Waals surface area contributed by atoms with E-state index in [1.165, 1.54) is 12.1 Å². The number of benzene rings is 2. The highest BCUT2D eigenvalue weighted by molar-refractivity contribution is 5.94. The number of halogens is 3. The van der Waals surface area contributed by atoms with Crippen molar-refractivity contribution in [3.05, 3.63) is 83.2 Å². The largest absolute Gasteiger partial charge is 0.416 e. The van der Waals surface area contributed by atoms with E-state index < -0.39 is 11.7 Å². The number of hydrogen-bond donors (Lipinski definition) is 1. The molecule has 0 amide bonds. The molecular weight excluding hydrogens is 379 g/mol. The molecule has 0 aliphatic heterocycles. The van der Waals surface area contributed by atoms with Gasteiger partial charge in [0.15, 0.2) is 11.4 Å². The maximum Gasteiger partial charge on any atom is 0.416 e. The fraction of sp³-hybridized carbons (Fsp3) is 0.0909. The fourth-order valence-electron chi connectivity index (χ4n) is 2.83. The Labute approximate surface area is 164 Å². The normalized spacial score (nSPS) is 11.2. The lowest BCUT2D eigenvalue weighted by atomic mass is 10.1. The number of aryl methyl sites for hydroxylation is 1. The molecule has 0 aliphatic carbocycles. The molecule has 29 heavy (non-hydrogen) atoms. The minimum absolute atomic E-state index is 0.263. The van der Waals surface area contributed by atoms with Gasteiger partial charge in [0.05, 0.1) is 16.5 Å². The maximum absolute atomic E-state index is 12.9. The average Bonchev–Trinajstić information content (AvgIpc) is 3.10. The minimum Gasteiger partial charge on any atom is -0.353 e. The molecule has 0 bridgehead atoms. The van der Waals surface area contributed by atoms with Gasteiger partial charge in [-0.3, -0.25) is 4.98 Å². The highest BCUT2D eigenvalue weighted by Gasteiger charge is 2.30. The molecule has 0 saturated heterocycles. The predicted molar refractivity (Wildman–Crippen MR) is 104 cm³/mol. The Hall–Kier alpha value is -3.79. The lowest BCUT2D eigenvalue weighted by Crippen LogP contribution is -2.05. The van der Waals surface area contributed by atoms with Crippen LogP contribution in [0.25, 0.3) is 11.0 Å². The molecule has 7 heteroatoms. The van der Waals surface area contributed by atoms with Crippen LogP contribution in [0.15, 0.2) is 65.4 Å². The van der Waals surface area contributed by atoms with E-state index in [4.69, 9.17) is 4.52 Å². The van der Waals surface area contributed by atoms with Crippen LogP contribution in [0.4, 0.5) is 24.7 Å². The van der Waals surface area contributed by atoms with E-state index in [0.29, 0.717) is 22.4 Å². The molecule has 4 rings (SSSR count). The second-order valence-corrected chi connectivity index (χ2v) is 6.36. The summed E-state index contributed by atoms with van der Waals surface area (Å²) in [5, 5.41) is 7.52. The van der Waals surface area contributed by atoms with E-state index >= 15 is 0 Å². The van der Waals surface area contributed by atoms with Gasteiger partial charge in [0.1, 0.15) is 0 Å². The third-order valence-corrected chi connectivity index (χ3v) is 4.30. The van der Waals surface area contributed by atoms with Crippen LogP contribution < -0.4 is 5.32 Å². The Kier molecular flexibility index (Phi) is 4.69. The monoisotopic (exact) mass is 393 g/mol. The number of fused-ring (bicyclic) bond motifs is 1. The number of aromatic nitrogens is 2. The van der Waals surface area contributed by atoms with Crippen LogP contribution in [0.3, 0.4) is 0 Å². The molecule has 144 valence electrons. The molecule has 0 fully saturated rings. The summed E-state index contributed by atoms with van der Waals surface area (Å²) in [6.07, 6.45) is -1.10.